The quantitative estimate of drug-likeness (QED) is 0.322. The maximum Gasteiger partial charge on any atom is 0.269 e. The van der Waals surface area contributed by atoms with E-state index < -0.39 is 4.92 Å². The Kier molecular flexibility index (Phi) is 4.90. The molecule has 0 bridgehead atoms. The summed E-state index contributed by atoms with van der Waals surface area (Å²) in [5, 5.41) is 11.7. The zero-order valence-electron chi connectivity index (χ0n) is 15.0. The molecule has 1 aromatic heterocycles. The van der Waals surface area contributed by atoms with Crippen LogP contribution in [0.2, 0.25) is 0 Å². The summed E-state index contributed by atoms with van der Waals surface area (Å²) in [7, 11) is 1.61. The Hall–Kier alpha value is -3.45. The lowest BCUT2D eigenvalue weighted by Gasteiger charge is -2.11. The van der Waals surface area contributed by atoms with Crippen LogP contribution in [0.4, 0.5) is 5.69 Å². The van der Waals surface area contributed by atoms with Gasteiger partial charge in [0.15, 0.2) is 0 Å². The second-order valence-corrected chi connectivity index (χ2v) is 7.08. The zero-order valence-corrected chi connectivity index (χ0v) is 15.8. The maximum atomic E-state index is 10.8. The minimum atomic E-state index is -0.436. The van der Waals surface area contributed by atoms with Gasteiger partial charge in [0.05, 0.1) is 22.2 Å². The van der Waals surface area contributed by atoms with Crippen molar-refractivity contribution >= 4 is 27.2 Å². The molecule has 28 heavy (non-hydrogen) atoms. The number of rotatable bonds is 6. The third kappa shape index (κ3) is 3.65. The molecule has 3 aromatic carbocycles. The lowest BCUT2D eigenvalue weighted by atomic mass is 10.1. The smallest absolute Gasteiger partial charge is 0.269 e. The maximum absolute atomic E-state index is 10.8. The number of hydrogen-bond donors (Lipinski definition) is 0. The fourth-order valence-corrected chi connectivity index (χ4v) is 3.81. The van der Waals surface area contributed by atoms with Crippen molar-refractivity contribution in [1.82, 2.24) is 4.98 Å². The minimum Gasteiger partial charge on any atom is -0.496 e. The van der Waals surface area contributed by atoms with Gasteiger partial charge < -0.3 is 9.47 Å². The number of non-ortho nitro benzene ring substituents is 1. The van der Waals surface area contributed by atoms with Gasteiger partial charge in [-0.15, -0.1) is 11.3 Å². The van der Waals surface area contributed by atoms with E-state index in [-0.39, 0.29) is 12.3 Å². The molecule has 0 N–H and O–H groups in total. The fourth-order valence-electron chi connectivity index (χ4n) is 2.85. The van der Waals surface area contributed by atoms with Crippen molar-refractivity contribution in [1.29, 1.82) is 0 Å². The Morgan fingerprint density at radius 3 is 2.57 bits per heavy atom. The first-order valence-electron chi connectivity index (χ1n) is 8.54. The number of hydrogen-bond acceptors (Lipinski definition) is 6. The summed E-state index contributed by atoms with van der Waals surface area (Å²) in [5.41, 5.74) is 2.87. The average molecular weight is 392 g/mol. The molecular weight excluding hydrogens is 376 g/mol. The van der Waals surface area contributed by atoms with Crippen LogP contribution in [0.5, 0.6) is 11.5 Å². The van der Waals surface area contributed by atoms with Gasteiger partial charge in [0.2, 0.25) is 0 Å². The SMILES string of the molecule is COc1ccc(-c2nc3ccccc3s2)cc1COc1ccc([N+](=O)[O-])cc1. The molecule has 0 amide bonds. The average Bonchev–Trinajstić information content (AvgIpc) is 3.16. The van der Waals surface area contributed by atoms with Crippen molar-refractivity contribution < 1.29 is 14.4 Å². The molecule has 1 heterocycles. The van der Waals surface area contributed by atoms with Crippen LogP contribution >= 0.6 is 11.3 Å². The molecule has 0 atom stereocenters. The number of nitro benzene ring substituents is 1. The molecule has 0 aliphatic carbocycles. The van der Waals surface area contributed by atoms with Crippen LogP contribution < -0.4 is 9.47 Å². The number of benzene rings is 3. The van der Waals surface area contributed by atoms with Crippen molar-refractivity contribution in [2.75, 3.05) is 7.11 Å². The minimum absolute atomic E-state index is 0.0303. The van der Waals surface area contributed by atoms with E-state index in [1.165, 1.54) is 12.1 Å². The van der Waals surface area contributed by atoms with Gasteiger partial charge in [-0.1, -0.05) is 12.1 Å². The zero-order chi connectivity index (χ0) is 19.5. The Balaban J connectivity index is 1.59. The van der Waals surface area contributed by atoms with E-state index in [1.54, 1.807) is 30.6 Å². The number of ether oxygens (including phenoxy) is 2. The van der Waals surface area contributed by atoms with Gasteiger partial charge >= 0.3 is 0 Å². The molecule has 7 heteroatoms. The summed E-state index contributed by atoms with van der Waals surface area (Å²) in [6.45, 7) is 0.277. The first-order chi connectivity index (χ1) is 13.6. The van der Waals surface area contributed by atoms with Gasteiger partial charge in [0.25, 0.3) is 5.69 Å². The second kappa shape index (κ2) is 7.66. The molecule has 0 radical (unpaired) electrons. The lowest BCUT2D eigenvalue weighted by molar-refractivity contribution is -0.384. The van der Waals surface area contributed by atoms with Crippen molar-refractivity contribution in [2.45, 2.75) is 6.61 Å². The topological polar surface area (TPSA) is 74.5 Å². The lowest BCUT2D eigenvalue weighted by Crippen LogP contribution is -1.99. The van der Waals surface area contributed by atoms with Gasteiger partial charge in [-0.05, 0) is 42.5 Å². The highest BCUT2D eigenvalue weighted by Gasteiger charge is 2.11. The number of thiazole rings is 1. The third-order valence-electron chi connectivity index (χ3n) is 4.26. The predicted octanol–water partition coefficient (Wildman–Crippen LogP) is 5.46. The van der Waals surface area contributed by atoms with Crippen LogP contribution in [0.25, 0.3) is 20.8 Å². The van der Waals surface area contributed by atoms with E-state index in [1.807, 2.05) is 36.4 Å². The van der Waals surface area contributed by atoms with Crippen molar-refractivity contribution in [2.24, 2.45) is 0 Å². The van der Waals surface area contributed by atoms with Crippen LogP contribution in [0.3, 0.4) is 0 Å². The van der Waals surface area contributed by atoms with E-state index >= 15 is 0 Å². The third-order valence-corrected chi connectivity index (χ3v) is 5.35. The molecule has 140 valence electrons. The molecule has 6 nitrogen and oxygen atoms in total. The van der Waals surface area contributed by atoms with Gasteiger partial charge in [0.1, 0.15) is 23.1 Å². The monoisotopic (exact) mass is 392 g/mol. The molecular formula is C21H16N2O4S. The summed E-state index contributed by atoms with van der Waals surface area (Å²) in [5.74, 6) is 1.27. The van der Waals surface area contributed by atoms with E-state index in [0.29, 0.717) is 11.5 Å². The van der Waals surface area contributed by atoms with Crippen LogP contribution in [0, 0.1) is 10.1 Å². The Labute approximate surface area is 165 Å². The number of para-hydroxylation sites is 1. The molecule has 0 saturated heterocycles. The largest absolute Gasteiger partial charge is 0.496 e. The van der Waals surface area contributed by atoms with E-state index in [4.69, 9.17) is 14.5 Å². The molecule has 0 spiro atoms. The Bertz CT molecular complexity index is 1110. The summed E-state index contributed by atoms with van der Waals surface area (Å²) in [4.78, 5) is 15.0. The molecule has 4 rings (SSSR count). The highest BCUT2D eigenvalue weighted by Crippen LogP contribution is 2.33. The number of nitrogens with zero attached hydrogens (tertiary/aromatic N) is 2. The van der Waals surface area contributed by atoms with Gasteiger partial charge in [0, 0.05) is 23.3 Å². The van der Waals surface area contributed by atoms with E-state index in [2.05, 4.69) is 6.07 Å². The molecule has 0 aliphatic heterocycles. The van der Waals surface area contributed by atoms with Crippen LogP contribution in [0.1, 0.15) is 5.56 Å². The molecule has 0 saturated carbocycles. The molecule has 4 aromatic rings. The van der Waals surface area contributed by atoms with Crippen LogP contribution in [-0.2, 0) is 6.61 Å². The summed E-state index contributed by atoms with van der Waals surface area (Å²) >= 11 is 1.63. The standard InChI is InChI=1S/C21H16N2O4S/c1-26-19-11-6-14(21-22-18-4-2-3-5-20(18)28-21)12-15(19)13-27-17-9-7-16(8-10-17)23(24)25/h2-12H,13H2,1H3. The van der Waals surface area contributed by atoms with Gasteiger partial charge in [-0.3, -0.25) is 10.1 Å². The Morgan fingerprint density at radius 2 is 1.86 bits per heavy atom. The normalized spacial score (nSPS) is 10.8. The van der Waals surface area contributed by atoms with E-state index in [9.17, 15) is 10.1 Å². The van der Waals surface area contributed by atoms with Gasteiger partial charge in [-0.25, -0.2) is 4.98 Å². The number of methoxy groups -OCH3 is 1. The second-order valence-electron chi connectivity index (χ2n) is 6.05. The van der Waals surface area contributed by atoms with Crippen molar-refractivity contribution in [3.05, 3.63) is 82.4 Å². The summed E-state index contributed by atoms with van der Waals surface area (Å²) in [6.07, 6.45) is 0. The van der Waals surface area contributed by atoms with Crippen molar-refractivity contribution in [3.63, 3.8) is 0 Å². The molecule has 0 unspecified atom stereocenters. The number of aromatic nitrogens is 1. The molecule has 0 aliphatic rings. The first kappa shape index (κ1) is 17.9. The van der Waals surface area contributed by atoms with Crippen molar-refractivity contribution in [3.8, 4) is 22.1 Å². The van der Waals surface area contributed by atoms with Crippen LogP contribution in [-0.4, -0.2) is 17.0 Å². The summed E-state index contributed by atoms with van der Waals surface area (Å²) < 4.78 is 12.4. The number of fused-ring (bicyclic) bond motifs is 1. The van der Waals surface area contributed by atoms with E-state index in [0.717, 1.165) is 26.4 Å². The number of nitro groups is 1. The molecule has 0 fully saturated rings. The predicted molar refractivity (Wildman–Crippen MR) is 109 cm³/mol. The highest BCUT2D eigenvalue weighted by molar-refractivity contribution is 7.21. The highest BCUT2D eigenvalue weighted by atomic mass is 32.1. The summed E-state index contributed by atoms with van der Waals surface area (Å²) in [6, 6.07) is 19.9. The van der Waals surface area contributed by atoms with Crippen LogP contribution in [0.15, 0.2) is 66.7 Å². The Morgan fingerprint density at radius 1 is 1.07 bits per heavy atom. The van der Waals surface area contributed by atoms with Gasteiger partial charge in [-0.2, -0.15) is 0 Å². The fraction of sp³-hybridized carbons (Fsp3) is 0.0952. The first-order valence-corrected chi connectivity index (χ1v) is 9.36.